The SMILES string of the molecule is C[Si](C)(C)[SiH2]O.[LiH]. The molecule has 0 spiro atoms. The predicted molar refractivity (Wildman–Crippen MR) is 41.3 cm³/mol. The molecule has 0 rings (SSSR count). The molecule has 0 aromatic carbocycles. The summed E-state index contributed by atoms with van der Waals surface area (Å²) in [6.07, 6.45) is 0. The van der Waals surface area contributed by atoms with Crippen molar-refractivity contribution in [1.29, 1.82) is 0 Å². The normalized spacial score (nSPS) is 12.0. The Labute approximate surface area is 60.4 Å². The summed E-state index contributed by atoms with van der Waals surface area (Å²) in [7, 11) is -1.55. The summed E-state index contributed by atoms with van der Waals surface area (Å²) < 4.78 is 0. The second-order valence-corrected chi connectivity index (χ2v) is 15.5. The Morgan fingerprint density at radius 1 is 1.29 bits per heavy atom. The zero-order chi connectivity index (χ0) is 5.21. The third-order valence-electron chi connectivity index (χ3n) is 0.474. The molecule has 0 unspecified atom stereocenters. The fourth-order valence-electron chi connectivity index (χ4n) is 0. The van der Waals surface area contributed by atoms with Crippen molar-refractivity contribution in [2.75, 3.05) is 0 Å². The van der Waals surface area contributed by atoms with Gasteiger partial charge in [0.2, 0.25) is 0 Å². The predicted octanol–water partition coefficient (Wildman–Crippen LogP) is -0.751. The number of hydrogen-bond acceptors (Lipinski definition) is 1. The maximum absolute atomic E-state index is 8.60. The van der Waals surface area contributed by atoms with Gasteiger partial charge in [0.25, 0.3) is 0 Å². The van der Waals surface area contributed by atoms with E-state index in [-0.39, 0.29) is 18.9 Å². The number of rotatable bonds is 1. The summed E-state index contributed by atoms with van der Waals surface area (Å²) in [4.78, 5) is 8.60. The van der Waals surface area contributed by atoms with Crippen LogP contribution in [0.25, 0.3) is 0 Å². The molecule has 7 heavy (non-hydrogen) atoms. The summed E-state index contributed by atoms with van der Waals surface area (Å²) in [5.41, 5.74) is 0. The zero-order valence-corrected chi connectivity index (χ0v) is 7.07. The van der Waals surface area contributed by atoms with Crippen molar-refractivity contribution < 1.29 is 4.80 Å². The molecule has 0 heterocycles. The molecule has 0 saturated carbocycles. The average molecular weight is 128 g/mol. The first kappa shape index (κ1) is 10.9. The Hall–Kier alpha value is 0.991. The molecule has 0 saturated heterocycles. The molecule has 4 heteroatoms. The molecule has 0 bridgehead atoms. The van der Waals surface area contributed by atoms with E-state index in [2.05, 4.69) is 19.6 Å². The van der Waals surface area contributed by atoms with Crippen molar-refractivity contribution >= 4 is 35.7 Å². The molecule has 40 valence electrons. The van der Waals surface area contributed by atoms with Gasteiger partial charge in [-0.2, -0.15) is 0 Å². The second-order valence-electron chi connectivity index (χ2n) is 2.72. The van der Waals surface area contributed by atoms with Crippen LogP contribution in [-0.2, 0) is 0 Å². The maximum atomic E-state index is 8.60. The van der Waals surface area contributed by atoms with Gasteiger partial charge in [-0.15, -0.1) is 0 Å². The van der Waals surface area contributed by atoms with E-state index in [0.717, 1.165) is 0 Å². The Morgan fingerprint density at radius 3 is 1.43 bits per heavy atom. The first-order valence-electron chi connectivity index (χ1n) is 2.17. The van der Waals surface area contributed by atoms with E-state index >= 15 is 0 Å². The van der Waals surface area contributed by atoms with Crippen molar-refractivity contribution in [3.05, 3.63) is 0 Å². The molecule has 0 aromatic heterocycles. The Bertz CT molecular complexity index is 42.7. The van der Waals surface area contributed by atoms with Gasteiger partial charge in [-0.25, -0.2) is 0 Å². The Kier molecular flexibility index (Phi) is 6.11. The first-order valence-corrected chi connectivity index (χ1v) is 8.63. The van der Waals surface area contributed by atoms with E-state index in [1.165, 1.54) is 0 Å². The Morgan fingerprint density at radius 2 is 1.43 bits per heavy atom. The van der Waals surface area contributed by atoms with Gasteiger partial charge < -0.3 is 4.80 Å². The fraction of sp³-hybridized carbons (Fsp3) is 1.00. The van der Waals surface area contributed by atoms with Crippen LogP contribution in [-0.4, -0.2) is 40.5 Å². The molecule has 0 aromatic rings. The molecule has 0 radical (unpaired) electrons. The molecule has 0 aliphatic carbocycles. The van der Waals surface area contributed by atoms with Crippen LogP contribution in [0, 0.1) is 0 Å². The van der Waals surface area contributed by atoms with E-state index in [0.29, 0.717) is 0 Å². The van der Waals surface area contributed by atoms with E-state index in [4.69, 9.17) is 4.80 Å². The molecule has 0 atom stereocenters. The van der Waals surface area contributed by atoms with Gasteiger partial charge in [0.05, 0.1) is 7.59 Å². The van der Waals surface area contributed by atoms with Crippen LogP contribution < -0.4 is 0 Å². The van der Waals surface area contributed by atoms with E-state index < -0.39 is 16.9 Å². The molecule has 0 aliphatic heterocycles. The topological polar surface area (TPSA) is 20.2 Å². The van der Waals surface area contributed by atoms with Gasteiger partial charge in [0.15, 0.2) is 0 Å². The Balaban J connectivity index is 0. The van der Waals surface area contributed by atoms with Gasteiger partial charge in [0.1, 0.15) is 9.28 Å². The summed E-state index contributed by atoms with van der Waals surface area (Å²) in [6.45, 7) is 6.58. The number of hydrogen-bond donors (Lipinski definition) is 1. The van der Waals surface area contributed by atoms with Gasteiger partial charge >= 0.3 is 18.9 Å². The van der Waals surface area contributed by atoms with Crippen molar-refractivity contribution in [2.24, 2.45) is 0 Å². The third kappa shape index (κ3) is 10.9. The van der Waals surface area contributed by atoms with Crippen LogP contribution in [0.5, 0.6) is 0 Å². The zero-order valence-electron chi connectivity index (χ0n) is 4.65. The van der Waals surface area contributed by atoms with Gasteiger partial charge in [0, 0.05) is 0 Å². The molecule has 0 fully saturated rings. The quantitative estimate of drug-likeness (QED) is 0.461. The summed E-state index contributed by atoms with van der Waals surface area (Å²) in [5.74, 6) is 0. The fourth-order valence-corrected chi connectivity index (χ4v) is 0. The van der Waals surface area contributed by atoms with Crippen molar-refractivity contribution in [1.82, 2.24) is 0 Å². The summed E-state index contributed by atoms with van der Waals surface area (Å²) >= 11 is 0. The average Bonchev–Trinajstić information content (AvgIpc) is 1.35. The molecular formula is C3H13LiOSi2. The second kappa shape index (κ2) is 3.93. The van der Waals surface area contributed by atoms with E-state index in [9.17, 15) is 0 Å². The van der Waals surface area contributed by atoms with Crippen LogP contribution in [0.4, 0.5) is 0 Å². The van der Waals surface area contributed by atoms with Crippen LogP contribution in [0.2, 0.25) is 19.6 Å². The molecule has 1 nitrogen and oxygen atoms in total. The molecule has 0 aliphatic rings. The molecule has 1 N–H and O–H groups in total. The third-order valence-corrected chi connectivity index (χ3v) is 4.27. The van der Waals surface area contributed by atoms with Gasteiger partial charge in [-0.1, -0.05) is 19.6 Å². The van der Waals surface area contributed by atoms with Crippen LogP contribution in [0.15, 0.2) is 0 Å². The first-order chi connectivity index (χ1) is 2.56. The van der Waals surface area contributed by atoms with Crippen molar-refractivity contribution in [3.63, 3.8) is 0 Å². The van der Waals surface area contributed by atoms with Crippen molar-refractivity contribution in [2.45, 2.75) is 19.6 Å². The van der Waals surface area contributed by atoms with Crippen LogP contribution in [0.3, 0.4) is 0 Å². The minimum atomic E-state index is -0.937. The molecule has 0 amide bonds. The summed E-state index contributed by atoms with van der Waals surface area (Å²) in [5, 5.41) is 0. The van der Waals surface area contributed by atoms with Crippen molar-refractivity contribution in [3.8, 4) is 0 Å². The monoisotopic (exact) mass is 128 g/mol. The van der Waals surface area contributed by atoms with Crippen LogP contribution >= 0.6 is 0 Å². The van der Waals surface area contributed by atoms with Gasteiger partial charge in [-0.3, -0.25) is 0 Å². The summed E-state index contributed by atoms with van der Waals surface area (Å²) in [6, 6.07) is 0. The molecular weight excluding hydrogens is 115 g/mol. The van der Waals surface area contributed by atoms with E-state index in [1.807, 2.05) is 0 Å². The standard InChI is InChI=1S/C3H12OSi2.Li.H/c1-6(2,3)5-4;;/h4H,5H2,1-3H3;;. The van der Waals surface area contributed by atoms with E-state index in [1.54, 1.807) is 0 Å². The van der Waals surface area contributed by atoms with Gasteiger partial charge in [-0.05, 0) is 0 Å². The van der Waals surface area contributed by atoms with Crippen LogP contribution in [0.1, 0.15) is 0 Å². The minimum absolute atomic E-state index is 0.